The predicted molar refractivity (Wildman–Crippen MR) is 131 cm³/mol. The van der Waals surface area contributed by atoms with E-state index in [4.69, 9.17) is 5.73 Å². The number of hydrogen-bond donors (Lipinski definition) is 2. The molecular formula is C27H29F3N4. The minimum atomic E-state index is -0.886. The molecule has 1 aliphatic heterocycles. The molecular weight excluding hydrogens is 437 g/mol. The molecule has 1 aromatic carbocycles. The molecule has 0 spiro atoms. The number of hydrogen-bond acceptors (Lipinski definition) is 4. The number of rotatable bonds is 7. The van der Waals surface area contributed by atoms with Crippen LogP contribution in [0.4, 0.5) is 18.9 Å². The second-order valence-corrected chi connectivity index (χ2v) is 8.51. The Morgan fingerprint density at radius 2 is 1.76 bits per heavy atom. The number of piperidine rings is 1. The Labute approximate surface area is 198 Å². The molecule has 4 rings (SSSR count). The Hall–Kier alpha value is -3.48. The van der Waals surface area contributed by atoms with Gasteiger partial charge in [0.2, 0.25) is 0 Å². The standard InChI is InChI=1S/C27H29F3N4/c1-3-9-23(34-14-6-5-7-15-34)22(4-2)32-25(17-12-13-17)27-21(31)16-20(30)26(33-27)24-18(28)10-8-11-19(24)29/h3-4,8-11,16,32H,2,5-7,12-15,31H2,1H3/b9-3-,23-22-. The topological polar surface area (TPSA) is 54.2 Å². The molecule has 7 heteroatoms. The highest BCUT2D eigenvalue weighted by molar-refractivity contribution is 5.79. The SMILES string of the molecule is C=C/C(NC(=C1CC1)c1nc(-c2c(F)cccc2F)c(F)cc1N)=C(\C=C/C)N1CCCCC1. The number of nitrogens with two attached hydrogens (primary N) is 1. The molecule has 34 heavy (non-hydrogen) atoms. The molecule has 0 bridgehead atoms. The fourth-order valence-electron chi connectivity index (χ4n) is 4.24. The summed E-state index contributed by atoms with van der Waals surface area (Å²) in [7, 11) is 0. The molecule has 1 saturated heterocycles. The summed E-state index contributed by atoms with van der Waals surface area (Å²) in [5.74, 6) is -2.65. The van der Waals surface area contributed by atoms with Gasteiger partial charge in [-0.2, -0.15) is 0 Å². The fourth-order valence-corrected chi connectivity index (χ4v) is 4.24. The number of nitrogens with zero attached hydrogens (tertiary/aromatic N) is 2. The molecule has 1 aromatic heterocycles. The monoisotopic (exact) mass is 466 g/mol. The Morgan fingerprint density at radius 1 is 1.09 bits per heavy atom. The van der Waals surface area contributed by atoms with Crippen molar-refractivity contribution in [2.75, 3.05) is 18.8 Å². The molecule has 1 saturated carbocycles. The number of allylic oxidation sites excluding steroid dienone is 4. The zero-order chi connectivity index (χ0) is 24.2. The van der Waals surface area contributed by atoms with E-state index in [1.807, 2.05) is 19.1 Å². The van der Waals surface area contributed by atoms with Crippen molar-refractivity contribution in [1.29, 1.82) is 0 Å². The van der Waals surface area contributed by atoms with E-state index in [-0.39, 0.29) is 11.4 Å². The first-order valence-corrected chi connectivity index (χ1v) is 11.6. The van der Waals surface area contributed by atoms with Crippen LogP contribution in [-0.2, 0) is 0 Å². The lowest BCUT2D eigenvalue weighted by Gasteiger charge is -2.31. The summed E-state index contributed by atoms with van der Waals surface area (Å²) in [5, 5.41) is 3.43. The van der Waals surface area contributed by atoms with Gasteiger partial charge in [0.25, 0.3) is 0 Å². The fraction of sp³-hybridized carbons (Fsp3) is 0.296. The number of nitrogen functional groups attached to an aromatic ring is 1. The van der Waals surface area contributed by atoms with Crippen LogP contribution in [-0.4, -0.2) is 23.0 Å². The highest BCUT2D eigenvalue weighted by atomic mass is 19.1. The van der Waals surface area contributed by atoms with Gasteiger partial charge in [-0.25, -0.2) is 18.2 Å². The lowest BCUT2D eigenvalue weighted by Crippen LogP contribution is -2.31. The molecule has 2 heterocycles. The van der Waals surface area contributed by atoms with Gasteiger partial charge < -0.3 is 16.0 Å². The molecule has 2 aliphatic rings. The molecule has 4 nitrogen and oxygen atoms in total. The van der Waals surface area contributed by atoms with Gasteiger partial charge in [-0.15, -0.1) is 0 Å². The van der Waals surface area contributed by atoms with Gasteiger partial charge in [0, 0.05) is 19.2 Å². The second kappa shape index (κ2) is 10.2. The predicted octanol–water partition coefficient (Wildman–Crippen LogP) is 6.30. The Kier molecular flexibility index (Phi) is 7.10. The van der Waals surface area contributed by atoms with E-state index in [0.29, 0.717) is 5.70 Å². The van der Waals surface area contributed by atoms with Crippen LogP contribution in [0.25, 0.3) is 17.0 Å². The summed E-state index contributed by atoms with van der Waals surface area (Å²) in [4.78, 5) is 6.65. The average molecular weight is 467 g/mol. The van der Waals surface area contributed by atoms with E-state index < -0.39 is 28.7 Å². The summed E-state index contributed by atoms with van der Waals surface area (Å²) in [6.07, 6.45) is 10.8. The second-order valence-electron chi connectivity index (χ2n) is 8.51. The van der Waals surface area contributed by atoms with Gasteiger partial charge >= 0.3 is 0 Å². The number of anilines is 1. The van der Waals surface area contributed by atoms with Crippen molar-refractivity contribution < 1.29 is 13.2 Å². The van der Waals surface area contributed by atoms with Crippen molar-refractivity contribution in [1.82, 2.24) is 15.2 Å². The number of aromatic nitrogens is 1. The van der Waals surface area contributed by atoms with E-state index in [1.165, 1.54) is 12.5 Å². The molecule has 0 atom stereocenters. The lowest BCUT2D eigenvalue weighted by molar-refractivity contribution is 0.290. The van der Waals surface area contributed by atoms with Gasteiger partial charge in [0.1, 0.15) is 23.0 Å². The number of nitrogens with one attached hydrogen (secondary N) is 1. The molecule has 0 radical (unpaired) electrons. The van der Waals surface area contributed by atoms with Gasteiger partial charge in [-0.1, -0.05) is 18.7 Å². The first kappa shape index (κ1) is 23.7. The van der Waals surface area contributed by atoms with E-state index in [9.17, 15) is 13.2 Å². The highest BCUT2D eigenvalue weighted by Gasteiger charge is 2.26. The van der Waals surface area contributed by atoms with Crippen LogP contribution in [0.1, 0.15) is 44.7 Å². The maximum atomic E-state index is 14.8. The quantitative estimate of drug-likeness (QED) is 0.470. The third-order valence-corrected chi connectivity index (χ3v) is 6.06. The highest BCUT2D eigenvalue weighted by Crippen LogP contribution is 2.39. The van der Waals surface area contributed by atoms with E-state index in [2.05, 4.69) is 21.8 Å². The Bertz CT molecular complexity index is 1160. The summed E-state index contributed by atoms with van der Waals surface area (Å²) in [6.45, 7) is 7.84. The Balaban J connectivity index is 1.81. The molecule has 178 valence electrons. The van der Waals surface area contributed by atoms with Crippen LogP contribution in [0.2, 0.25) is 0 Å². The van der Waals surface area contributed by atoms with Gasteiger partial charge in [-0.05, 0) is 68.9 Å². The van der Waals surface area contributed by atoms with E-state index in [1.54, 1.807) is 6.08 Å². The smallest absolute Gasteiger partial charge is 0.151 e. The number of benzene rings is 1. The van der Waals surface area contributed by atoms with Crippen LogP contribution in [0, 0.1) is 17.5 Å². The van der Waals surface area contributed by atoms with Crippen molar-refractivity contribution in [2.45, 2.75) is 39.0 Å². The van der Waals surface area contributed by atoms with Gasteiger partial charge in [0.15, 0.2) is 5.82 Å². The van der Waals surface area contributed by atoms with Gasteiger partial charge in [0.05, 0.1) is 28.3 Å². The van der Waals surface area contributed by atoms with Crippen molar-refractivity contribution in [3.63, 3.8) is 0 Å². The molecule has 1 aliphatic carbocycles. The van der Waals surface area contributed by atoms with Crippen molar-refractivity contribution >= 4 is 11.4 Å². The lowest BCUT2D eigenvalue weighted by atomic mass is 10.1. The summed E-state index contributed by atoms with van der Waals surface area (Å²) < 4.78 is 43.7. The van der Waals surface area contributed by atoms with E-state index in [0.717, 1.165) is 73.9 Å². The first-order chi connectivity index (χ1) is 16.4. The minimum Gasteiger partial charge on any atom is -0.397 e. The summed E-state index contributed by atoms with van der Waals surface area (Å²) in [6, 6.07) is 4.46. The third kappa shape index (κ3) is 4.88. The zero-order valence-corrected chi connectivity index (χ0v) is 19.3. The number of likely N-dealkylation sites (tertiary alicyclic amines) is 1. The van der Waals surface area contributed by atoms with Crippen molar-refractivity contribution in [3.05, 3.63) is 89.2 Å². The minimum absolute atomic E-state index is 0.0915. The van der Waals surface area contributed by atoms with Crippen LogP contribution in [0.15, 0.2) is 66.0 Å². The zero-order valence-electron chi connectivity index (χ0n) is 19.3. The number of halogens is 3. The molecule has 2 aromatic rings. The molecule has 3 N–H and O–H groups in total. The van der Waals surface area contributed by atoms with Crippen molar-refractivity contribution in [2.24, 2.45) is 0 Å². The number of pyridine rings is 1. The maximum absolute atomic E-state index is 14.8. The molecule has 0 amide bonds. The van der Waals surface area contributed by atoms with Crippen LogP contribution in [0.5, 0.6) is 0 Å². The Morgan fingerprint density at radius 3 is 2.35 bits per heavy atom. The van der Waals surface area contributed by atoms with Crippen LogP contribution >= 0.6 is 0 Å². The van der Waals surface area contributed by atoms with Crippen molar-refractivity contribution in [3.8, 4) is 11.3 Å². The molecule has 2 fully saturated rings. The summed E-state index contributed by atoms with van der Waals surface area (Å²) >= 11 is 0. The summed E-state index contributed by atoms with van der Waals surface area (Å²) in [5.41, 5.74) is 9.08. The third-order valence-electron chi connectivity index (χ3n) is 6.06. The average Bonchev–Trinajstić information content (AvgIpc) is 3.66. The molecule has 0 unspecified atom stereocenters. The van der Waals surface area contributed by atoms with E-state index >= 15 is 0 Å². The van der Waals surface area contributed by atoms with Crippen LogP contribution < -0.4 is 11.1 Å². The largest absolute Gasteiger partial charge is 0.397 e. The van der Waals surface area contributed by atoms with Gasteiger partial charge in [-0.3, -0.25) is 0 Å². The van der Waals surface area contributed by atoms with Crippen LogP contribution in [0.3, 0.4) is 0 Å². The maximum Gasteiger partial charge on any atom is 0.151 e. The normalized spacial score (nSPS) is 16.5. The first-order valence-electron chi connectivity index (χ1n) is 11.6.